The fraction of sp³-hybridized carbons (Fsp3) is 0.400. The van der Waals surface area contributed by atoms with Crippen LogP contribution >= 0.6 is 0 Å². The molecule has 2 fully saturated rings. The Balaban J connectivity index is 1.46. The lowest BCUT2D eigenvalue weighted by Crippen LogP contribution is -2.61. The largest absolute Gasteiger partial charge is 0.508 e. The summed E-state index contributed by atoms with van der Waals surface area (Å²) in [4.78, 5) is 11.2. The normalized spacial score (nSPS) is 29.4. The Hall–Kier alpha value is -3.35. The number of carboxylic acids is 1. The van der Waals surface area contributed by atoms with Gasteiger partial charge in [0.15, 0.2) is 6.10 Å². The Morgan fingerprint density at radius 1 is 0.917 bits per heavy atom. The molecule has 2 aromatic carbocycles. The van der Waals surface area contributed by atoms with Crippen molar-refractivity contribution >= 4 is 5.97 Å². The van der Waals surface area contributed by atoms with Crippen LogP contribution in [0.3, 0.4) is 0 Å². The van der Waals surface area contributed by atoms with Crippen LogP contribution in [0.5, 0.6) is 23.0 Å². The number of epoxide rings is 1. The third-order valence-corrected chi connectivity index (χ3v) is 6.13. The van der Waals surface area contributed by atoms with Gasteiger partial charge >= 0.3 is 5.97 Å². The molecular formula is C25H28O11. The summed E-state index contributed by atoms with van der Waals surface area (Å²) in [7, 11) is 0. The zero-order valence-electron chi connectivity index (χ0n) is 19.5. The van der Waals surface area contributed by atoms with Gasteiger partial charge in [0, 0.05) is 17.2 Å². The van der Waals surface area contributed by atoms with Gasteiger partial charge < -0.3 is 50.0 Å². The number of aliphatic hydroxyl groups excluding tert-OH is 3. The average molecular weight is 504 g/mol. The molecule has 7 atom stereocenters. The van der Waals surface area contributed by atoms with E-state index in [9.17, 15) is 35.4 Å². The molecule has 0 aromatic heterocycles. The Morgan fingerprint density at radius 3 is 2.17 bits per heavy atom. The molecule has 7 N–H and O–H groups in total. The van der Waals surface area contributed by atoms with Crippen molar-refractivity contribution in [2.75, 3.05) is 0 Å². The average Bonchev–Trinajstić information content (AvgIpc) is 3.59. The highest BCUT2D eigenvalue weighted by atomic mass is 16.7. The van der Waals surface area contributed by atoms with E-state index in [1.807, 2.05) is 19.9 Å². The summed E-state index contributed by atoms with van der Waals surface area (Å²) in [5, 5.41) is 70.2. The first-order valence-corrected chi connectivity index (χ1v) is 11.2. The third kappa shape index (κ3) is 5.11. The molecule has 7 unspecified atom stereocenters. The lowest BCUT2D eigenvalue weighted by molar-refractivity contribution is -0.271. The highest BCUT2D eigenvalue weighted by Crippen LogP contribution is 2.54. The minimum atomic E-state index is -1.85. The van der Waals surface area contributed by atoms with E-state index in [4.69, 9.17) is 19.3 Å². The standard InChI is InChI=1S/C25H28O11/c1-10(2)3-5-13-15(26)7-11(8-16(13)27)21-22(35-21)14-6-4-12(9-17(14)28)34-25-20(31)18(29)19(30)23(36-25)24(32)33/h3-4,6-9,18-23,25-31H,5H2,1-2H3,(H,32,33). The van der Waals surface area contributed by atoms with Gasteiger partial charge in [-0.05, 0) is 50.1 Å². The highest BCUT2D eigenvalue weighted by molar-refractivity contribution is 5.73. The van der Waals surface area contributed by atoms with Crippen LogP contribution in [0.15, 0.2) is 42.0 Å². The molecule has 0 spiro atoms. The molecule has 4 rings (SSSR count). The molecular weight excluding hydrogens is 476 g/mol. The number of carboxylic acid groups (broad SMARTS) is 1. The molecule has 0 saturated carbocycles. The first kappa shape index (κ1) is 25.7. The van der Waals surface area contributed by atoms with Crippen LogP contribution in [0.4, 0.5) is 0 Å². The van der Waals surface area contributed by atoms with E-state index in [1.54, 1.807) is 0 Å². The number of ether oxygens (including phenoxy) is 3. The van der Waals surface area contributed by atoms with E-state index in [-0.39, 0.29) is 23.0 Å². The van der Waals surface area contributed by atoms with Crippen molar-refractivity contribution in [2.24, 2.45) is 0 Å². The molecule has 2 saturated heterocycles. The summed E-state index contributed by atoms with van der Waals surface area (Å²) in [6.45, 7) is 3.83. The van der Waals surface area contributed by atoms with Crippen LogP contribution in [0.1, 0.15) is 42.7 Å². The highest BCUT2D eigenvalue weighted by Gasteiger charge is 2.48. The van der Waals surface area contributed by atoms with E-state index >= 15 is 0 Å². The lowest BCUT2D eigenvalue weighted by atomic mass is 9.99. The molecule has 0 amide bonds. The number of hydrogen-bond donors (Lipinski definition) is 7. The number of aliphatic hydroxyl groups is 3. The second-order valence-electron chi connectivity index (χ2n) is 9.07. The SMILES string of the molecule is CC(C)=CCc1c(O)cc(C2OC2c2ccc(OC3OC(C(=O)O)C(O)C(O)C3O)cc2O)cc1O. The summed E-state index contributed by atoms with van der Waals surface area (Å²) in [5.74, 6) is -1.90. The molecule has 11 heteroatoms. The molecule has 0 radical (unpaired) electrons. The maximum atomic E-state index is 11.2. The second kappa shape index (κ2) is 9.96. The Labute approximate surface area is 206 Å². The topological polar surface area (TPSA) is 190 Å². The second-order valence-corrected chi connectivity index (χ2v) is 9.07. The number of rotatable bonds is 7. The predicted octanol–water partition coefficient (Wildman–Crippen LogP) is 1.40. The molecule has 2 aliphatic rings. The predicted molar refractivity (Wildman–Crippen MR) is 123 cm³/mol. The number of benzene rings is 2. The van der Waals surface area contributed by atoms with Gasteiger partial charge in [-0.3, -0.25) is 0 Å². The zero-order chi connectivity index (χ0) is 26.3. The van der Waals surface area contributed by atoms with Crippen LogP contribution in [0.2, 0.25) is 0 Å². The van der Waals surface area contributed by atoms with Gasteiger partial charge in [-0.2, -0.15) is 0 Å². The summed E-state index contributed by atoms with van der Waals surface area (Å²) < 4.78 is 16.2. The summed E-state index contributed by atoms with van der Waals surface area (Å²) in [6, 6.07) is 7.14. The monoisotopic (exact) mass is 504 g/mol. The Morgan fingerprint density at radius 2 is 1.58 bits per heavy atom. The van der Waals surface area contributed by atoms with Crippen LogP contribution in [0, 0.1) is 0 Å². The lowest BCUT2D eigenvalue weighted by Gasteiger charge is -2.38. The quantitative estimate of drug-likeness (QED) is 0.213. The van der Waals surface area contributed by atoms with Gasteiger partial charge in [-0.25, -0.2) is 4.79 Å². The first-order valence-electron chi connectivity index (χ1n) is 11.2. The number of allylic oxidation sites excluding steroid dienone is 2. The molecule has 2 heterocycles. The molecule has 0 bridgehead atoms. The van der Waals surface area contributed by atoms with Crippen molar-refractivity contribution in [3.8, 4) is 23.0 Å². The minimum absolute atomic E-state index is 0.00384. The van der Waals surface area contributed by atoms with Gasteiger partial charge in [0.1, 0.15) is 53.5 Å². The van der Waals surface area contributed by atoms with Crippen LogP contribution in [-0.4, -0.2) is 72.4 Å². The van der Waals surface area contributed by atoms with Crippen molar-refractivity contribution in [1.82, 2.24) is 0 Å². The third-order valence-electron chi connectivity index (χ3n) is 6.13. The smallest absolute Gasteiger partial charge is 0.335 e. The van der Waals surface area contributed by atoms with Crippen LogP contribution in [-0.2, 0) is 20.7 Å². The van der Waals surface area contributed by atoms with Gasteiger partial charge in [0.05, 0.1) is 0 Å². The number of aromatic hydroxyl groups is 3. The number of phenolic OH excluding ortho intramolecular Hbond substituents is 3. The molecule has 0 aliphatic carbocycles. The van der Waals surface area contributed by atoms with Crippen LogP contribution in [0.25, 0.3) is 0 Å². The molecule has 194 valence electrons. The van der Waals surface area contributed by atoms with Crippen molar-refractivity contribution < 1.29 is 54.8 Å². The van der Waals surface area contributed by atoms with Gasteiger partial charge in [-0.15, -0.1) is 0 Å². The minimum Gasteiger partial charge on any atom is -0.508 e. The number of carbonyl (C=O) groups is 1. The van der Waals surface area contributed by atoms with Crippen molar-refractivity contribution in [3.05, 3.63) is 58.7 Å². The van der Waals surface area contributed by atoms with Crippen molar-refractivity contribution in [2.45, 2.75) is 63.2 Å². The number of aliphatic carboxylic acids is 1. The van der Waals surface area contributed by atoms with Gasteiger partial charge in [0.2, 0.25) is 6.29 Å². The van der Waals surface area contributed by atoms with Crippen molar-refractivity contribution in [3.63, 3.8) is 0 Å². The zero-order valence-corrected chi connectivity index (χ0v) is 19.5. The fourth-order valence-corrected chi connectivity index (χ4v) is 4.07. The summed E-state index contributed by atoms with van der Waals surface area (Å²) >= 11 is 0. The van der Waals surface area contributed by atoms with Gasteiger partial charge in [0.25, 0.3) is 0 Å². The first-order chi connectivity index (χ1) is 17.0. The van der Waals surface area contributed by atoms with E-state index in [2.05, 4.69) is 0 Å². The van der Waals surface area contributed by atoms with E-state index < -0.39 is 48.9 Å². The Kier molecular flexibility index (Phi) is 7.12. The van der Waals surface area contributed by atoms with Gasteiger partial charge in [-0.1, -0.05) is 11.6 Å². The van der Waals surface area contributed by atoms with E-state index in [1.165, 1.54) is 30.3 Å². The number of phenols is 3. The maximum Gasteiger partial charge on any atom is 0.335 e. The molecule has 36 heavy (non-hydrogen) atoms. The number of hydrogen-bond acceptors (Lipinski definition) is 10. The molecule has 11 nitrogen and oxygen atoms in total. The molecule has 2 aliphatic heterocycles. The molecule has 2 aromatic rings. The van der Waals surface area contributed by atoms with Crippen LogP contribution < -0.4 is 4.74 Å². The Bertz CT molecular complexity index is 1150. The van der Waals surface area contributed by atoms with E-state index in [0.717, 1.165) is 5.57 Å². The summed E-state index contributed by atoms with van der Waals surface area (Å²) in [5.41, 5.74) is 2.37. The van der Waals surface area contributed by atoms with Crippen molar-refractivity contribution in [1.29, 1.82) is 0 Å². The van der Waals surface area contributed by atoms with E-state index in [0.29, 0.717) is 23.1 Å². The maximum absolute atomic E-state index is 11.2. The summed E-state index contributed by atoms with van der Waals surface area (Å²) in [6.07, 6.45) is -7.67. The fourth-order valence-electron chi connectivity index (χ4n) is 4.07.